The summed E-state index contributed by atoms with van der Waals surface area (Å²) in [5, 5.41) is 11.0. The van der Waals surface area contributed by atoms with Gasteiger partial charge in [0.15, 0.2) is 21.3 Å². The summed E-state index contributed by atoms with van der Waals surface area (Å²) >= 11 is 5.97. The topological polar surface area (TPSA) is 84.3 Å². The molecule has 0 unspecified atom stereocenters. The lowest BCUT2D eigenvalue weighted by atomic mass is 9.73. The molecule has 2 atom stereocenters. The van der Waals surface area contributed by atoms with Crippen LogP contribution in [0.3, 0.4) is 0 Å². The average Bonchev–Trinajstić information content (AvgIpc) is 2.63. The lowest BCUT2D eigenvalue weighted by molar-refractivity contribution is -0.134. The summed E-state index contributed by atoms with van der Waals surface area (Å²) in [5.74, 6) is -1.85. The van der Waals surface area contributed by atoms with E-state index < -0.39 is 38.5 Å². The number of fused-ring (bicyclic) bond motifs is 1. The molecule has 29 heavy (non-hydrogen) atoms. The molecule has 9 heteroatoms. The third-order valence-corrected chi connectivity index (χ3v) is 6.49. The monoisotopic (exact) mass is 443 g/mol. The van der Waals surface area contributed by atoms with E-state index in [0.717, 1.165) is 12.3 Å². The molecule has 1 aliphatic carbocycles. The van der Waals surface area contributed by atoms with Crippen molar-refractivity contribution in [3.8, 4) is 0 Å². The number of carbonyl (C=O) groups is 1. The standard InChI is InChI=1S/C20H20ClF2NO4S/c1-29(27,28)12-19(26)8-9-20(23,15-3-2-10-24-18(15)19)17(25)7-5-13-4-6-14(22)11-16(13)21/h2-4,6,10-11,26H,5,7-9,12H2,1H3/t19-,20+/m1/s1. The number of hydrogen-bond acceptors (Lipinski definition) is 5. The fourth-order valence-electron chi connectivity index (χ4n) is 3.76. The highest BCUT2D eigenvalue weighted by atomic mass is 35.5. The van der Waals surface area contributed by atoms with Crippen molar-refractivity contribution in [1.82, 2.24) is 4.98 Å². The lowest BCUT2D eigenvalue weighted by Crippen LogP contribution is -2.46. The molecule has 0 radical (unpaired) electrons. The third kappa shape index (κ3) is 4.49. The first-order valence-electron chi connectivity index (χ1n) is 8.97. The van der Waals surface area contributed by atoms with E-state index >= 15 is 4.39 Å². The number of Topliss-reactive ketones (excluding diaryl/α,β-unsaturated/α-hetero) is 1. The maximum atomic E-state index is 15.9. The molecule has 1 aromatic carbocycles. The Morgan fingerprint density at radius 1 is 1.31 bits per heavy atom. The van der Waals surface area contributed by atoms with E-state index in [2.05, 4.69) is 4.98 Å². The molecule has 0 saturated heterocycles. The molecular formula is C20H20ClF2NO4S. The Morgan fingerprint density at radius 3 is 2.69 bits per heavy atom. The fraction of sp³-hybridized carbons (Fsp3) is 0.400. The van der Waals surface area contributed by atoms with Gasteiger partial charge in [0.1, 0.15) is 11.4 Å². The molecule has 1 heterocycles. The van der Waals surface area contributed by atoms with Crippen molar-refractivity contribution in [3.05, 3.63) is 64.2 Å². The number of aryl methyl sites for hydroxylation is 1. The molecule has 0 amide bonds. The van der Waals surface area contributed by atoms with Crippen LogP contribution in [0, 0.1) is 5.82 Å². The van der Waals surface area contributed by atoms with Crippen molar-refractivity contribution >= 4 is 27.2 Å². The smallest absolute Gasteiger partial charge is 0.195 e. The summed E-state index contributed by atoms with van der Waals surface area (Å²) in [6.07, 6.45) is 1.59. The zero-order valence-electron chi connectivity index (χ0n) is 15.7. The summed E-state index contributed by atoms with van der Waals surface area (Å²) < 4.78 is 52.5. The van der Waals surface area contributed by atoms with Crippen LogP contribution >= 0.6 is 11.6 Å². The van der Waals surface area contributed by atoms with Crippen molar-refractivity contribution in [3.63, 3.8) is 0 Å². The van der Waals surface area contributed by atoms with Crippen molar-refractivity contribution in [2.75, 3.05) is 12.0 Å². The highest BCUT2D eigenvalue weighted by Crippen LogP contribution is 2.46. The van der Waals surface area contributed by atoms with Crippen molar-refractivity contribution < 1.29 is 27.1 Å². The van der Waals surface area contributed by atoms with E-state index in [1.54, 1.807) is 0 Å². The van der Waals surface area contributed by atoms with E-state index in [0.29, 0.717) is 5.56 Å². The van der Waals surface area contributed by atoms with Gasteiger partial charge >= 0.3 is 0 Å². The normalized spacial score (nSPS) is 24.2. The van der Waals surface area contributed by atoms with Crippen LogP contribution in [0.25, 0.3) is 0 Å². The Labute approximate surface area is 172 Å². The lowest BCUT2D eigenvalue weighted by Gasteiger charge is -2.39. The Bertz CT molecular complexity index is 1060. The number of carbonyl (C=O) groups excluding carboxylic acids is 1. The zero-order valence-corrected chi connectivity index (χ0v) is 17.2. The number of hydrogen-bond donors (Lipinski definition) is 1. The number of benzene rings is 1. The van der Waals surface area contributed by atoms with Gasteiger partial charge in [0, 0.05) is 29.5 Å². The number of rotatable bonds is 6. The van der Waals surface area contributed by atoms with Gasteiger partial charge in [0.2, 0.25) is 0 Å². The molecule has 1 N–H and O–H groups in total. The van der Waals surface area contributed by atoms with Crippen LogP contribution in [0.15, 0.2) is 36.5 Å². The second-order valence-electron chi connectivity index (χ2n) is 7.46. The highest BCUT2D eigenvalue weighted by Gasteiger charge is 2.52. The van der Waals surface area contributed by atoms with E-state index in [4.69, 9.17) is 11.6 Å². The second-order valence-corrected chi connectivity index (χ2v) is 10.0. The van der Waals surface area contributed by atoms with Gasteiger partial charge in [0.25, 0.3) is 0 Å². The third-order valence-electron chi connectivity index (χ3n) is 5.14. The largest absolute Gasteiger partial charge is 0.382 e. The summed E-state index contributed by atoms with van der Waals surface area (Å²) in [6.45, 7) is 0. The summed E-state index contributed by atoms with van der Waals surface area (Å²) in [7, 11) is -3.58. The average molecular weight is 444 g/mol. The van der Waals surface area contributed by atoms with Gasteiger partial charge in [0.05, 0.1) is 11.4 Å². The molecule has 0 aliphatic heterocycles. The molecule has 1 aliphatic rings. The van der Waals surface area contributed by atoms with E-state index in [-0.39, 0.29) is 42.0 Å². The Balaban J connectivity index is 1.89. The number of nitrogens with zero attached hydrogens (tertiary/aromatic N) is 1. The van der Waals surface area contributed by atoms with Gasteiger partial charge in [-0.15, -0.1) is 0 Å². The molecular weight excluding hydrogens is 424 g/mol. The molecule has 2 aromatic rings. The van der Waals surface area contributed by atoms with Gasteiger partial charge < -0.3 is 5.11 Å². The quantitative estimate of drug-likeness (QED) is 0.740. The minimum absolute atomic E-state index is 0.118. The van der Waals surface area contributed by atoms with Gasteiger partial charge in [-0.1, -0.05) is 23.7 Å². The SMILES string of the molecule is CS(=O)(=O)C[C@]1(O)CC[C@@](F)(C(=O)CCc2ccc(F)cc2Cl)c2cccnc21. The second kappa shape index (κ2) is 7.74. The Morgan fingerprint density at radius 2 is 2.03 bits per heavy atom. The number of pyridine rings is 1. The first-order valence-corrected chi connectivity index (χ1v) is 11.4. The number of ketones is 1. The molecule has 0 spiro atoms. The molecule has 0 bridgehead atoms. The van der Waals surface area contributed by atoms with E-state index in [1.165, 1.54) is 30.5 Å². The summed E-state index contributed by atoms with van der Waals surface area (Å²) in [4.78, 5) is 16.8. The van der Waals surface area contributed by atoms with Crippen molar-refractivity contribution in [2.45, 2.75) is 37.0 Å². The van der Waals surface area contributed by atoms with Crippen LogP contribution in [0.1, 0.15) is 36.1 Å². The first kappa shape index (κ1) is 21.8. The van der Waals surface area contributed by atoms with Crippen LogP contribution in [-0.2, 0) is 32.3 Å². The number of alkyl halides is 1. The molecule has 5 nitrogen and oxygen atoms in total. The molecule has 3 rings (SSSR count). The van der Waals surface area contributed by atoms with Crippen LogP contribution < -0.4 is 0 Å². The first-order chi connectivity index (χ1) is 13.4. The van der Waals surface area contributed by atoms with E-state index in [9.17, 15) is 22.7 Å². The molecule has 0 fully saturated rings. The molecule has 156 valence electrons. The molecule has 1 aromatic heterocycles. The van der Waals surface area contributed by atoms with Crippen LogP contribution in [0.5, 0.6) is 0 Å². The Kier molecular flexibility index (Phi) is 5.82. The zero-order chi connectivity index (χ0) is 21.4. The van der Waals surface area contributed by atoms with Crippen molar-refractivity contribution in [2.24, 2.45) is 0 Å². The van der Waals surface area contributed by atoms with Gasteiger partial charge in [-0.2, -0.15) is 0 Å². The molecule has 0 saturated carbocycles. The maximum absolute atomic E-state index is 15.9. The number of aromatic nitrogens is 1. The predicted octanol–water partition coefficient (Wildman–Crippen LogP) is 3.27. The number of sulfone groups is 1. The highest BCUT2D eigenvalue weighted by molar-refractivity contribution is 7.90. The maximum Gasteiger partial charge on any atom is 0.195 e. The van der Waals surface area contributed by atoms with Crippen LogP contribution in [0.4, 0.5) is 8.78 Å². The predicted molar refractivity (Wildman–Crippen MR) is 105 cm³/mol. The van der Waals surface area contributed by atoms with Crippen LogP contribution in [-0.4, -0.2) is 36.3 Å². The summed E-state index contributed by atoms with van der Waals surface area (Å²) in [6, 6.07) is 6.55. The van der Waals surface area contributed by atoms with Gasteiger partial charge in [-0.05, 0) is 43.0 Å². The van der Waals surface area contributed by atoms with Gasteiger partial charge in [-0.3, -0.25) is 9.78 Å². The van der Waals surface area contributed by atoms with E-state index in [1.807, 2.05) is 0 Å². The summed E-state index contributed by atoms with van der Waals surface area (Å²) in [5.41, 5.74) is -4.00. The number of halogens is 3. The van der Waals surface area contributed by atoms with Gasteiger partial charge in [-0.25, -0.2) is 17.2 Å². The van der Waals surface area contributed by atoms with Crippen LogP contribution in [0.2, 0.25) is 5.02 Å². The number of aliphatic hydroxyl groups is 1. The van der Waals surface area contributed by atoms with Crippen molar-refractivity contribution in [1.29, 1.82) is 0 Å². The minimum atomic E-state index is -3.58. The Hall–Kier alpha value is -1.90. The minimum Gasteiger partial charge on any atom is -0.382 e. The fourth-order valence-corrected chi connectivity index (χ4v) is 5.17.